The van der Waals surface area contributed by atoms with Crippen LogP contribution in [0.5, 0.6) is 0 Å². The van der Waals surface area contributed by atoms with Crippen LogP contribution >= 0.6 is 0 Å². The van der Waals surface area contributed by atoms with Crippen molar-refractivity contribution in [3.8, 4) is 0 Å². The minimum Gasteiger partial charge on any atom is -0.483 e. The van der Waals surface area contributed by atoms with Crippen LogP contribution in [-0.2, 0) is 20.7 Å². The number of aryl methyl sites for hydroxylation is 1. The summed E-state index contributed by atoms with van der Waals surface area (Å²) in [6, 6.07) is 3.46. The predicted molar refractivity (Wildman–Crippen MR) is 171 cm³/mol. The molecule has 0 atom stereocenters. The summed E-state index contributed by atoms with van der Waals surface area (Å²) in [4.78, 5) is 32.5. The number of carbonyl (C=O) groups is 2. The number of aliphatic imine (C=N–C) groups is 1. The number of aldehydes is 1. The van der Waals surface area contributed by atoms with E-state index < -0.39 is 5.92 Å². The second-order valence-electron chi connectivity index (χ2n) is 9.16. The summed E-state index contributed by atoms with van der Waals surface area (Å²) in [5.41, 5.74) is 9.56. The maximum Gasteiger partial charge on any atom is 0.290 e. The van der Waals surface area contributed by atoms with Crippen molar-refractivity contribution in [2.24, 2.45) is 16.6 Å². The third-order valence-corrected chi connectivity index (χ3v) is 5.66. The summed E-state index contributed by atoms with van der Waals surface area (Å²) in [5.74, 6) is 3.21. The molecule has 2 heterocycles. The molecular formula is C30H53F2N7O4. The predicted octanol–water partition coefficient (Wildman–Crippen LogP) is 4.88. The summed E-state index contributed by atoms with van der Waals surface area (Å²) in [7, 11) is 5.34. The Morgan fingerprint density at radius 3 is 2.26 bits per heavy atom. The smallest absolute Gasteiger partial charge is 0.290 e. The van der Waals surface area contributed by atoms with Crippen LogP contribution in [-0.4, -0.2) is 85.4 Å². The molecular weight excluding hydrogens is 560 g/mol. The van der Waals surface area contributed by atoms with Gasteiger partial charge in [-0.3, -0.25) is 9.59 Å². The molecule has 1 aliphatic rings. The maximum atomic E-state index is 14.0. The molecule has 0 aromatic carbocycles. The monoisotopic (exact) mass is 613 g/mol. The van der Waals surface area contributed by atoms with Gasteiger partial charge in [0.25, 0.3) is 18.3 Å². The number of rotatable bonds is 11. The van der Waals surface area contributed by atoms with Crippen LogP contribution in [0.1, 0.15) is 78.6 Å². The van der Waals surface area contributed by atoms with E-state index in [-0.39, 0.29) is 37.6 Å². The van der Waals surface area contributed by atoms with E-state index in [4.69, 9.17) is 26.2 Å². The van der Waals surface area contributed by atoms with Crippen LogP contribution in [0, 0.1) is 0 Å². The van der Waals surface area contributed by atoms with E-state index >= 15 is 0 Å². The first-order chi connectivity index (χ1) is 20.4. The highest BCUT2D eigenvalue weighted by molar-refractivity contribution is 6.24. The molecule has 1 aromatic rings. The molecule has 2 rings (SSSR count). The van der Waals surface area contributed by atoms with Crippen molar-refractivity contribution in [1.82, 2.24) is 14.9 Å². The van der Waals surface area contributed by atoms with Gasteiger partial charge in [0.15, 0.2) is 0 Å². The molecule has 13 heteroatoms. The number of pyridine rings is 1. The highest BCUT2D eigenvalue weighted by Gasteiger charge is 2.36. The van der Waals surface area contributed by atoms with Crippen molar-refractivity contribution in [3.05, 3.63) is 41.1 Å². The van der Waals surface area contributed by atoms with Gasteiger partial charge in [0.2, 0.25) is 6.29 Å². The van der Waals surface area contributed by atoms with Gasteiger partial charge < -0.3 is 30.4 Å². The van der Waals surface area contributed by atoms with Gasteiger partial charge >= 0.3 is 0 Å². The van der Waals surface area contributed by atoms with Crippen LogP contribution in [0.2, 0.25) is 0 Å². The van der Waals surface area contributed by atoms with E-state index in [1.54, 1.807) is 24.1 Å². The zero-order valence-electron chi connectivity index (χ0n) is 27.4. The average Bonchev–Trinajstić information content (AvgIpc) is 2.97. The maximum absolute atomic E-state index is 14.0. The van der Waals surface area contributed by atoms with E-state index in [2.05, 4.69) is 9.98 Å². The Labute approximate surface area is 256 Å². The number of hydrogen-bond acceptors (Lipinski definition) is 10. The Bertz CT molecular complexity index is 1050. The molecule has 43 heavy (non-hydrogen) atoms. The summed E-state index contributed by atoms with van der Waals surface area (Å²) < 4.78 is 33.6. The number of aromatic nitrogens is 1. The molecule has 0 aliphatic carbocycles. The molecule has 0 amide bonds. The fourth-order valence-corrected chi connectivity index (χ4v) is 3.96. The molecule has 1 aliphatic heterocycles. The standard InChI is InChI=1S/C25H39F2N7O2.2C2H6.CH2O2/c1-6-9-18(14-32(3)4)30-23(15-35)36-16-22(33(5)29)24(28)20-10-11-21(19(7-2)31-20)34-13-8-12-25(26,27)17-34;2*1-2;2-1-3/h10-11,14-15H,6-9,12-13,16-17,28-29H2,1-5H3;2*1-2H3;1H,(H,2,3)/b18-14-,24-22-,30-23?;;;. The molecule has 1 saturated heterocycles. The Kier molecular flexibility index (Phi) is 22.0. The molecule has 0 saturated carbocycles. The third kappa shape index (κ3) is 15.3. The number of nitrogens with two attached hydrogens (primary N) is 2. The van der Waals surface area contributed by atoms with Gasteiger partial charge in [-0.1, -0.05) is 48.0 Å². The molecule has 0 spiro atoms. The number of halogens is 2. The van der Waals surface area contributed by atoms with Gasteiger partial charge in [-0.15, -0.1) is 0 Å². The average molecular weight is 614 g/mol. The van der Waals surface area contributed by atoms with Crippen LogP contribution < -0.4 is 16.5 Å². The van der Waals surface area contributed by atoms with Crippen molar-refractivity contribution in [2.45, 2.75) is 79.6 Å². The number of piperidine rings is 1. The minimum atomic E-state index is -2.72. The number of allylic oxidation sites excluding steroid dienone is 1. The van der Waals surface area contributed by atoms with Crippen LogP contribution in [0.15, 0.2) is 34.7 Å². The largest absolute Gasteiger partial charge is 0.483 e. The van der Waals surface area contributed by atoms with Gasteiger partial charge in [-0.25, -0.2) is 24.6 Å². The highest BCUT2D eigenvalue weighted by atomic mass is 19.3. The topological polar surface area (TPSA) is 151 Å². The summed E-state index contributed by atoms with van der Waals surface area (Å²) in [6.45, 7) is 11.8. The van der Waals surface area contributed by atoms with Crippen molar-refractivity contribution < 1.29 is 28.2 Å². The molecule has 5 N–H and O–H groups in total. The second kappa shape index (κ2) is 22.8. The number of anilines is 1. The van der Waals surface area contributed by atoms with E-state index in [0.29, 0.717) is 60.6 Å². The van der Waals surface area contributed by atoms with Gasteiger partial charge in [0, 0.05) is 40.3 Å². The molecule has 1 aromatic heterocycles. The lowest BCUT2D eigenvalue weighted by molar-refractivity contribution is -0.122. The third-order valence-electron chi connectivity index (χ3n) is 5.66. The SMILES string of the molecule is CC.CC.CCC/C(=C/N(C)C)N=C(C=O)OC/C(=C(/N)c1ccc(N2CCCC(F)(F)C2)c(CC)n1)N(C)N.O=CO. The second-order valence-corrected chi connectivity index (χ2v) is 9.16. The Morgan fingerprint density at radius 2 is 1.79 bits per heavy atom. The zero-order chi connectivity index (χ0) is 33.6. The van der Waals surface area contributed by atoms with E-state index in [1.807, 2.05) is 66.7 Å². The molecule has 1 fully saturated rings. The van der Waals surface area contributed by atoms with E-state index in [0.717, 1.165) is 6.42 Å². The minimum absolute atomic E-state index is 0.0905. The summed E-state index contributed by atoms with van der Waals surface area (Å²) in [6.07, 6.45) is 4.77. The Morgan fingerprint density at radius 1 is 1.19 bits per heavy atom. The highest BCUT2D eigenvalue weighted by Crippen LogP contribution is 2.32. The molecule has 0 bridgehead atoms. The fourth-order valence-electron chi connectivity index (χ4n) is 3.96. The lowest BCUT2D eigenvalue weighted by atomic mass is 10.1. The van der Waals surface area contributed by atoms with Gasteiger partial charge in [0.1, 0.15) is 6.61 Å². The van der Waals surface area contributed by atoms with Crippen LogP contribution in [0.25, 0.3) is 5.70 Å². The number of hydrogen-bond donors (Lipinski definition) is 3. The first kappa shape index (κ1) is 41.4. The van der Waals surface area contributed by atoms with Crippen molar-refractivity contribution >= 4 is 30.0 Å². The number of carboxylic acid groups (broad SMARTS) is 1. The number of likely N-dealkylation sites (N-methyl/N-ethyl adjacent to an activating group) is 1. The number of nitrogens with zero attached hydrogens (tertiary/aromatic N) is 5. The van der Waals surface area contributed by atoms with E-state index in [1.165, 1.54) is 5.01 Å². The number of ether oxygens (including phenoxy) is 1. The molecule has 0 unspecified atom stereocenters. The lowest BCUT2D eigenvalue weighted by Crippen LogP contribution is -2.43. The Balaban J connectivity index is 0. The quantitative estimate of drug-likeness (QED) is 0.104. The van der Waals surface area contributed by atoms with Crippen LogP contribution in [0.4, 0.5) is 14.5 Å². The fraction of sp³-hybridized carbons (Fsp3) is 0.600. The van der Waals surface area contributed by atoms with Crippen molar-refractivity contribution in [1.29, 1.82) is 0 Å². The Hall–Kier alpha value is -3.74. The number of alkyl halides is 2. The first-order valence-electron chi connectivity index (χ1n) is 14.6. The van der Waals surface area contributed by atoms with Gasteiger partial charge in [-0.2, -0.15) is 0 Å². The summed E-state index contributed by atoms with van der Waals surface area (Å²) >= 11 is 0. The number of hydrazine groups is 1. The van der Waals surface area contributed by atoms with Crippen molar-refractivity contribution in [3.63, 3.8) is 0 Å². The first-order valence-corrected chi connectivity index (χ1v) is 14.6. The van der Waals surface area contributed by atoms with E-state index in [9.17, 15) is 13.6 Å². The van der Waals surface area contributed by atoms with Crippen LogP contribution in [0.3, 0.4) is 0 Å². The molecule has 0 radical (unpaired) electrons. The zero-order valence-corrected chi connectivity index (χ0v) is 27.4. The normalized spacial score (nSPS) is 14.7. The number of carbonyl (C=O) groups excluding carboxylic acids is 1. The van der Waals surface area contributed by atoms with Gasteiger partial charge in [-0.05, 0) is 31.4 Å². The molecule has 246 valence electrons. The van der Waals surface area contributed by atoms with Gasteiger partial charge in [0.05, 0.1) is 40.7 Å². The molecule has 11 nitrogen and oxygen atoms in total. The summed E-state index contributed by atoms with van der Waals surface area (Å²) in [5, 5.41) is 8.19. The lowest BCUT2D eigenvalue weighted by Gasteiger charge is -2.35. The van der Waals surface area contributed by atoms with Crippen molar-refractivity contribution in [2.75, 3.05) is 45.7 Å².